The first kappa shape index (κ1) is 24.0. The molecule has 0 saturated heterocycles. The van der Waals surface area contributed by atoms with Gasteiger partial charge in [0.15, 0.2) is 0 Å². The van der Waals surface area contributed by atoms with E-state index in [9.17, 15) is 9.59 Å². The van der Waals surface area contributed by atoms with Gasteiger partial charge in [-0.15, -0.1) is 0 Å². The van der Waals surface area contributed by atoms with Gasteiger partial charge in [0.25, 0.3) is 0 Å². The Labute approximate surface area is 184 Å². The van der Waals surface area contributed by atoms with Gasteiger partial charge in [-0.2, -0.15) is 12.6 Å². The van der Waals surface area contributed by atoms with Crippen LogP contribution < -0.4 is 5.32 Å². The van der Waals surface area contributed by atoms with Crippen molar-refractivity contribution in [3.05, 3.63) is 53.1 Å². The maximum absolute atomic E-state index is 12.6. The van der Waals surface area contributed by atoms with Gasteiger partial charge in [-0.05, 0) is 36.5 Å². The summed E-state index contributed by atoms with van der Waals surface area (Å²) in [4.78, 5) is 28.3. The first-order valence-corrected chi connectivity index (χ1v) is 11.2. The fourth-order valence-corrected chi connectivity index (χ4v) is 3.73. The normalized spacial score (nSPS) is 12.2. The molecule has 1 atom stereocenters. The molecular weight excluding hydrogens is 398 g/mol. The molecule has 0 aliphatic heterocycles. The van der Waals surface area contributed by atoms with Gasteiger partial charge in [-0.25, -0.2) is 9.78 Å². The van der Waals surface area contributed by atoms with Crippen molar-refractivity contribution in [2.45, 2.75) is 59.5 Å². The Morgan fingerprint density at radius 2 is 1.93 bits per heavy atom. The third-order valence-electron chi connectivity index (χ3n) is 5.11. The molecule has 6 nitrogen and oxygen atoms in total. The largest absolute Gasteiger partial charge is 0.478 e. The molecule has 0 saturated carbocycles. The molecule has 7 heteroatoms. The van der Waals surface area contributed by atoms with Gasteiger partial charge in [0.05, 0.1) is 24.0 Å². The van der Waals surface area contributed by atoms with Crippen molar-refractivity contribution >= 4 is 24.5 Å². The van der Waals surface area contributed by atoms with Crippen LogP contribution in [0.1, 0.15) is 67.5 Å². The summed E-state index contributed by atoms with van der Waals surface area (Å²) in [5, 5.41) is 12.1. The lowest BCUT2D eigenvalue weighted by Crippen LogP contribution is -2.32. The summed E-state index contributed by atoms with van der Waals surface area (Å²) in [5.41, 5.74) is 2.21. The number of carboxylic acids is 1. The van der Waals surface area contributed by atoms with Crippen molar-refractivity contribution in [2.75, 3.05) is 5.75 Å². The third kappa shape index (κ3) is 6.90. The number of benzene rings is 1. The van der Waals surface area contributed by atoms with E-state index >= 15 is 0 Å². The number of thiol groups is 1. The van der Waals surface area contributed by atoms with Gasteiger partial charge in [-0.1, -0.05) is 39.3 Å². The van der Waals surface area contributed by atoms with Crippen LogP contribution in [0.2, 0.25) is 0 Å². The topological polar surface area (TPSA) is 84.2 Å². The summed E-state index contributed by atoms with van der Waals surface area (Å²) < 4.78 is 2.13. The molecule has 0 fully saturated rings. The number of aryl methyl sites for hydroxylation is 1. The SMILES string of the molecule is CCCCc1ncc(CNC(=O)[C@H](CS)CC(C)C)n1Cc1ccc(C(=O)O)cc1. The zero-order valence-corrected chi connectivity index (χ0v) is 19.0. The molecule has 2 aromatic rings. The van der Waals surface area contributed by atoms with Crippen molar-refractivity contribution in [1.82, 2.24) is 14.9 Å². The molecule has 0 radical (unpaired) electrons. The summed E-state index contributed by atoms with van der Waals surface area (Å²) in [6, 6.07) is 6.89. The standard InChI is InChI=1S/C23H33N3O3S/c1-4-5-6-21-24-12-20(13-25-22(27)19(15-30)11-16(2)3)26(21)14-17-7-9-18(10-8-17)23(28)29/h7-10,12,16,19,30H,4-6,11,13-15H2,1-3H3,(H,25,27)(H,28,29)/t19-/m0/s1. The van der Waals surface area contributed by atoms with Crippen LogP contribution in [0.15, 0.2) is 30.5 Å². The van der Waals surface area contributed by atoms with Gasteiger partial charge in [0, 0.05) is 24.6 Å². The maximum atomic E-state index is 12.6. The van der Waals surface area contributed by atoms with Crippen molar-refractivity contribution in [1.29, 1.82) is 0 Å². The number of unbranched alkanes of at least 4 members (excludes halogenated alkanes) is 1. The molecule has 164 valence electrons. The molecule has 0 aliphatic rings. The van der Waals surface area contributed by atoms with Crippen molar-refractivity contribution in [3.8, 4) is 0 Å². The molecule has 1 aromatic carbocycles. The van der Waals surface area contributed by atoms with Crippen LogP contribution >= 0.6 is 12.6 Å². The van der Waals surface area contributed by atoms with E-state index in [1.165, 1.54) is 0 Å². The maximum Gasteiger partial charge on any atom is 0.335 e. The Morgan fingerprint density at radius 1 is 1.23 bits per heavy atom. The van der Waals surface area contributed by atoms with E-state index in [0.29, 0.717) is 24.8 Å². The lowest BCUT2D eigenvalue weighted by molar-refractivity contribution is -0.124. The van der Waals surface area contributed by atoms with Crippen LogP contribution in [0.5, 0.6) is 0 Å². The highest BCUT2D eigenvalue weighted by atomic mass is 32.1. The van der Waals surface area contributed by atoms with Crippen molar-refractivity contribution in [2.24, 2.45) is 11.8 Å². The van der Waals surface area contributed by atoms with Gasteiger partial charge >= 0.3 is 5.97 Å². The van der Waals surface area contributed by atoms with Crippen LogP contribution in [0.25, 0.3) is 0 Å². The fourth-order valence-electron chi connectivity index (χ4n) is 3.41. The highest BCUT2D eigenvalue weighted by Crippen LogP contribution is 2.16. The summed E-state index contributed by atoms with van der Waals surface area (Å²) in [6.07, 6.45) is 5.62. The molecule has 30 heavy (non-hydrogen) atoms. The van der Waals surface area contributed by atoms with E-state index < -0.39 is 5.97 Å². The summed E-state index contributed by atoms with van der Waals surface area (Å²) in [5.74, 6) is 0.932. The van der Waals surface area contributed by atoms with Gasteiger partial charge < -0.3 is 15.0 Å². The van der Waals surface area contributed by atoms with Gasteiger partial charge in [0.1, 0.15) is 5.82 Å². The minimum Gasteiger partial charge on any atom is -0.478 e. The average molecular weight is 432 g/mol. The molecule has 1 amide bonds. The van der Waals surface area contributed by atoms with Crippen LogP contribution in [-0.4, -0.2) is 32.3 Å². The van der Waals surface area contributed by atoms with E-state index in [2.05, 4.69) is 48.3 Å². The van der Waals surface area contributed by atoms with Gasteiger partial charge in [0.2, 0.25) is 5.91 Å². The van der Waals surface area contributed by atoms with Crippen molar-refractivity contribution in [3.63, 3.8) is 0 Å². The second-order valence-electron chi connectivity index (χ2n) is 8.08. The Morgan fingerprint density at radius 3 is 2.50 bits per heavy atom. The quantitative estimate of drug-likeness (QED) is 0.440. The fraction of sp³-hybridized carbons (Fsp3) is 0.522. The molecule has 1 heterocycles. The smallest absolute Gasteiger partial charge is 0.335 e. The zero-order chi connectivity index (χ0) is 22.1. The van der Waals surface area contributed by atoms with Gasteiger partial charge in [-0.3, -0.25) is 4.79 Å². The third-order valence-corrected chi connectivity index (χ3v) is 5.55. The number of hydrogen-bond acceptors (Lipinski definition) is 4. The molecule has 2 N–H and O–H groups in total. The number of amides is 1. The number of rotatable bonds is 12. The number of imidazole rings is 1. The summed E-state index contributed by atoms with van der Waals surface area (Å²) in [7, 11) is 0. The number of aromatic nitrogens is 2. The van der Waals surface area contributed by atoms with E-state index in [4.69, 9.17) is 5.11 Å². The van der Waals surface area contributed by atoms with E-state index in [0.717, 1.165) is 42.8 Å². The highest BCUT2D eigenvalue weighted by molar-refractivity contribution is 7.80. The van der Waals surface area contributed by atoms with Crippen LogP contribution in [-0.2, 0) is 24.3 Å². The van der Waals surface area contributed by atoms with E-state index in [-0.39, 0.29) is 17.4 Å². The Hall–Kier alpha value is -2.28. The predicted molar refractivity (Wildman–Crippen MR) is 122 cm³/mol. The Balaban J connectivity index is 2.16. The molecule has 1 aromatic heterocycles. The van der Waals surface area contributed by atoms with Crippen LogP contribution in [0.4, 0.5) is 0 Å². The lowest BCUT2D eigenvalue weighted by Gasteiger charge is -2.17. The minimum atomic E-state index is -0.934. The Kier molecular flexibility index (Phi) is 9.43. The first-order valence-electron chi connectivity index (χ1n) is 10.6. The second kappa shape index (κ2) is 11.8. The lowest BCUT2D eigenvalue weighted by atomic mass is 9.98. The second-order valence-corrected chi connectivity index (χ2v) is 8.45. The molecule has 0 spiro atoms. The molecule has 0 aliphatic carbocycles. The van der Waals surface area contributed by atoms with E-state index in [1.54, 1.807) is 12.1 Å². The van der Waals surface area contributed by atoms with Crippen LogP contribution in [0.3, 0.4) is 0 Å². The number of hydrogen-bond donors (Lipinski definition) is 3. The highest BCUT2D eigenvalue weighted by Gasteiger charge is 2.19. The number of carbonyl (C=O) groups excluding carboxylic acids is 1. The van der Waals surface area contributed by atoms with Crippen LogP contribution in [0, 0.1) is 11.8 Å². The molecule has 0 unspecified atom stereocenters. The van der Waals surface area contributed by atoms with E-state index in [1.807, 2.05) is 18.3 Å². The number of carboxylic acid groups (broad SMARTS) is 1. The number of carbonyl (C=O) groups is 2. The molecular formula is C23H33N3O3S. The summed E-state index contributed by atoms with van der Waals surface area (Å²) in [6.45, 7) is 7.36. The minimum absolute atomic E-state index is 0.0207. The number of nitrogens with one attached hydrogen (secondary N) is 1. The zero-order valence-electron chi connectivity index (χ0n) is 18.1. The molecule has 2 rings (SSSR count). The van der Waals surface area contributed by atoms with Crippen molar-refractivity contribution < 1.29 is 14.7 Å². The number of aromatic carboxylic acids is 1. The summed E-state index contributed by atoms with van der Waals surface area (Å²) >= 11 is 4.34. The Bertz CT molecular complexity index is 831. The predicted octanol–water partition coefficient (Wildman–Crippen LogP) is 4.18. The first-order chi connectivity index (χ1) is 14.3. The number of nitrogens with zero attached hydrogens (tertiary/aromatic N) is 2. The monoisotopic (exact) mass is 431 g/mol. The molecule has 0 bridgehead atoms. The average Bonchev–Trinajstić information content (AvgIpc) is 3.10.